The fraction of sp³-hybridized carbons (Fsp3) is 0.500. The van der Waals surface area contributed by atoms with Crippen LogP contribution in [0.4, 0.5) is 0 Å². The molecule has 0 spiro atoms. The maximum Gasteiger partial charge on any atom is 0.169 e. The highest BCUT2D eigenvalue weighted by Crippen LogP contribution is 2.34. The van der Waals surface area contributed by atoms with Crippen molar-refractivity contribution in [3.8, 4) is 11.5 Å². The number of hydrogen-bond acceptors (Lipinski definition) is 2. The van der Waals surface area contributed by atoms with Gasteiger partial charge >= 0.3 is 0 Å². The second-order valence-corrected chi connectivity index (χ2v) is 5.53. The highest BCUT2D eigenvalue weighted by atomic mass is 16.4. The molecule has 0 saturated carbocycles. The van der Waals surface area contributed by atoms with Crippen LogP contribution in [0, 0.1) is 0 Å². The van der Waals surface area contributed by atoms with Gasteiger partial charge in [0.15, 0.2) is 11.5 Å². The van der Waals surface area contributed by atoms with Crippen LogP contribution in [0.5, 0.6) is 0 Å². The van der Waals surface area contributed by atoms with Crippen molar-refractivity contribution in [1.29, 1.82) is 0 Å². The molecule has 2 aromatic heterocycles. The molecule has 2 nitrogen and oxygen atoms in total. The summed E-state index contributed by atoms with van der Waals surface area (Å²) in [5.74, 6) is 4.25. The molecular weight excluding hydrogens is 224 g/mol. The third kappa shape index (κ3) is 1.63. The summed E-state index contributed by atoms with van der Waals surface area (Å²) >= 11 is 0. The van der Waals surface area contributed by atoms with Crippen molar-refractivity contribution in [2.24, 2.45) is 0 Å². The smallest absolute Gasteiger partial charge is 0.169 e. The van der Waals surface area contributed by atoms with E-state index in [1.54, 1.807) is 0 Å². The van der Waals surface area contributed by atoms with Crippen molar-refractivity contribution in [3.63, 3.8) is 0 Å². The molecule has 0 unspecified atom stereocenters. The molecule has 18 heavy (non-hydrogen) atoms. The molecule has 0 bridgehead atoms. The van der Waals surface area contributed by atoms with Crippen LogP contribution in [-0.4, -0.2) is 0 Å². The highest BCUT2D eigenvalue weighted by Gasteiger charge is 2.21. The molecule has 0 atom stereocenters. The van der Waals surface area contributed by atoms with Crippen molar-refractivity contribution in [3.05, 3.63) is 34.8 Å². The summed E-state index contributed by atoms with van der Waals surface area (Å²) < 4.78 is 12.0. The van der Waals surface area contributed by atoms with E-state index in [-0.39, 0.29) is 0 Å². The lowest BCUT2D eigenvalue weighted by Gasteiger charge is -2.07. The molecule has 0 fully saturated rings. The van der Waals surface area contributed by atoms with Gasteiger partial charge in [0.1, 0.15) is 11.5 Å². The predicted octanol–water partition coefficient (Wildman–Crippen LogP) is 4.30. The Morgan fingerprint density at radius 1 is 0.611 bits per heavy atom. The number of hydrogen-bond donors (Lipinski definition) is 0. The predicted molar refractivity (Wildman–Crippen MR) is 69.7 cm³/mol. The van der Waals surface area contributed by atoms with Gasteiger partial charge in [-0.15, -0.1) is 0 Å². The second kappa shape index (κ2) is 4.04. The first-order valence-corrected chi connectivity index (χ1v) is 7.14. The van der Waals surface area contributed by atoms with Crippen molar-refractivity contribution in [1.82, 2.24) is 0 Å². The first-order chi connectivity index (χ1) is 8.90. The van der Waals surface area contributed by atoms with Crippen molar-refractivity contribution in [2.75, 3.05) is 0 Å². The van der Waals surface area contributed by atoms with E-state index in [0.29, 0.717) is 0 Å². The van der Waals surface area contributed by atoms with Crippen LogP contribution >= 0.6 is 0 Å². The summed E-state index contributed by atoms with van der Waals surface area (Å²) in [5, 5.41) is 0. The molecule has 0 radical (unpaired) electrons. The first-order valence-electron chi connectivity index (χ1n) is 7.14. The van der Waals surface area contributed by atoms with Gasteiger partial charge in [-0.25, -0.2) is 0 Å². The summed E-state index contributed by atoms with van der Waals surface area (Å²) in [4.78, 5) is 0. The topological polar surface area (TPSA) is 26.3 Å². The van der Waals surface area contributed by atoms with Crippen LogP contribution in [0.2, 0.25) is 0 Å². The van der Waals surface area contributed by atoms with Gasteiger partial charge in [0.05, 0.1) is 0 Å². The van der Waals surface area contributed by atoms with E-state index in [2.05, 4.69) is 12.1 Å². The Kier molecular flexibility index (Phi) is 2.35. The van der Waals surface area contributed by atoms with Gasteiger partial charge in [-0.2, -0.15) is 0 Å². The van der Waals surface area contributed by atoms with Gasteiger partial charge < -0.3 is 8.83 Å². The summed E-state index contributed by atoms with van der Waals surface area (Å²) in [6.07, 6.45) is 9.62. The number of fused-ring (bicyclic) bond motifs is 2. The molecule has 2 heteroatoms. The largest absolute Gasteiger partial charge is 0.458 e. The van der Waals surface area contributed by atoms with E-state index in [1.807, 2.05) is 0 Å². The molecule has 0 amide bonds. The first kappa shape index (κ1) is 10.5. The third-order valence-electron chi connectivity index (χ3n) is 4.24. The zero-order valence-electron chi connectivity index (χ0n) is 10.6. The summed E-state index contributed by atoms with van der Waals surface area (Å²) in [6, 6.07) is 4.39. The van der Waals surface area contributed by atoms with Gasteiger partial charge in [0, 0.05) is 12.8 Å². The van der Waals surface area contributed by atoms with Crippen LogP contribution < -0.4 is 0 Å². The molecule has 0 aliphatic heterocycles. The number of rotatable bonds is 1. The Morgan fingerprint density at radius 2 is 1.06 bits per heavy atom. The second-order valence-electron chi connectivity index (χ2n) is 5.53. The van der Waals surface area contributed by atoms with Crippen molar-refractivity contribution < 1.29 is 8.83 Å². The maximum atomic E-state index is 5.98. The van der Waals surface area contributed by atoms with E-state index < -0.39 is 0 Å². The lowest BCUT2D eigenvalue weighted by molar-refractivity contribution is 0.450. The van der Waals surface area contributed by atoms with E-state index in [4.69, 9.17) is 8.83 Å². The van der Waals surface area contributed by atoms with E-state index in [0.717, 1.165) is 24.4 Å². The van der Waals surface area contributed by atoms with Gasteiger partial charge in [0.25, 0.3) is 0 Å². The Labute approximate surface area is 107 Å². The molecule has 0 N–H and O–H groups in total. The highest BCUT2D eigenvalue weighted by molar-refractivity contribution is 5.55. The quantitative estimate of drug-likeness (QED) is 0.745. The number of furan rings is 2. The zero-order valence-corrected chi connectivity index (χ0v) is 10.6. The van der Waals surface area contributed by atoms with Crippen LogP contribution in [0.25, 0.3) is 11.5 Å². The van der Waals surface area contributed by atoms with E-state index >= 15 is 0 Å². The van der Waals surface area contributed by atoms with Gasteiger partial charge in [-0.05, 0) is 61.8 Å². The Balaban J connectivity index is 1.73. The molecule has 0 saturated heterocycles. The standard InChI is InChI=1S/C16H18O2/c1-3-7-13-11(5-1)9-15(17-13)16-10-12-6-2-4-8-14(12)18-16/h9-10H,1-8H2. The SMILES string of the molecule is c1c(-c2cc3c(o2)CCCC3)oc2c1CCCC2. The van der Waals surface area contributed by atoms with Gasteiger partial charge in [-0.3, -0.25) is 0 Å². The molecule has 94 valence electrons. The molecule has 2 heterocycles. The monoisotopic (exact) mass is 242 g/mol. The summed E-state index contributed by atoms with van der Waals surface area (Å²) in [6.45, 7) is 0. The molecule has 0 aromatic carbocycles. The summed E-state index contributed by atoms with van der Waals surface area (Å²) in [7, 11) is 0. The normalized spacial score (nSPS) is 18.4. The fourth-order valence-electron chi connectivity index (χ4n) is 3.22. The zero-order chi connectivity index (χ0) is 11.9. The maximum absolute atomic E-state index is 5.98. The third-order valence-corrected chi connectivity index (χ3v) is 4.24. The molecule has 2 aliphatic rings. The lowest BCUT2D eigenvalue weighted by Crippen LogP contribution is -1.97. The fourth-order valence-corrected chi connectivity index (χ4v) is 3.22. The van der Waals surface area contributed by atoms with Crippen LogP contribution in [0.3, 0.4) is 0 Å². The molecular formula is C16H18O2. The Hall–Kier alpha value is -1.44. The molecule has 4 rings (SSSR count). The molecule has 2 aromatic rings. The minimum absolute atomic E-state index is 0.941. The van der Waals surface area contributed by atoms with Gasteiger partial charge in [-0.1, -0.05) is 0 Å². The Bertz CT molecular complexity index is 475. The average Bonchev–Trinajstić information content (AvgIpc) is 3.02. The van der Waals surface area contributed by atoms with Crippen molar-refractivity contribution >= 4 is 0 Å². The molecule has 2 aliphatic carbocycles. The van der Waals surface area contributed by atoms with Gasteiger partial charge in [0.2, 0.25) is 0 Å². The van der Waals surface area contributed by atoms with Crippen LogP contribution in [0.1, 0.15) is 48.3 Å². The van der Waals surface area contributed by atoms with Crippen LogP contribution in [0.15, 0.2) is 21.0 Å². The Morgan fingerprint density at radius 3 is 1.50 bits per heavy atom. The van der Waals surface area contributed by atoms with E-state index in [9.17, 15) is 0 Å². The summed E-state index contributed by atoms with van der Waals surface area (Å²) in [5.41, 5.74) is 2.79. The van der Waals surface area contributed by atoms with Crippen LogP contribution in [-0.2, 0) is 25.7 Å². The minimum atomic E-state index is 0.941. The minimum Gasteiger partial charge on any atom is -0.458 e. The van der Waals surface area contributed by atoms with Crippen molar-refractivity contribution in [2.45, 2.75) is 51.4 Å². The average molecular weight is 242 g/mol. The van der Waals surface area contributed by atoms with E-state index in [1.165, 1.54) is 61.2 Å². The number of aryl methyl sites for hydroxylation is 4. The lowest BCUT2D eigenvalue weighted by atomic mass is 9.98.